The van der Waals surface area contributed by atoms with Crippen LogP contribution in [-0.2, 0) is 25.8 Å². The molecule has 1 heterocycles. The quantitative estimate of drug-likeness (QED) is 0.739. The van der Waals surface area contributed by atoms with Crippen molar-refractivity contribution in [1.29, 1.82) is 0 Å². The first kappa shape index (κ1) is 12.0. The minimum absolute atomic E-state index is 0.110. The zero-order valence-corrected chi connectivity index (χ0v) is 15.8. The Kier molecular flexibility index (Phi) is 3.32. The van der Waals surface area contributed by atoms with Crippen LogP contribution in [0, 0.1) is 0 Å². The van der Waals surface area contributed by atoms with E-state index in [1.807, 2.05) is 0 Å². The topological polar surface area (TPSA) is 119 Å². The van der Waals surface area contributed by atoms with Crippen molar-refractivity contribution >= 4 is 54.9 Å². The minimum atomic E-state index is -4.41. The van der Waals surface area contributed by atoms with Crippen LogP contribution in [0.5, 0.6) is 0 Å². The average Bonchev–Trinajstić information content (AvgIpc) is 2.67. The van der Waals surface area contributed by atoms with E-state index in [4.69, 9.17) is 26.3 Å². The van der Waals surface area contributed by atoms with Crippen molar-refractivity contribution in [2.75, 3.05) is 11.1 Å². The second-order valence-electron chi connectivity index (χ2n) is 4.85. The number of anilines is 1. The van der Waals surface area contributed by atoms with E-state index in [2.05, 4.69) is 9.71 Å². The summed E-state index contributed by atoms with van der Waals surface area (Å²) in [5.74, 6) is -0.661. The number of nitrogens with two attached hydrogens (primary N) is 1. The summed E-state index contributed by atoms with van der Waals surface area (Å²) < 4.78 is 107. The summed E-state index contributed by atoms with van der Waals surface area (Å²) in [5.41, 5.74) is -3.23. The highest BCUT2D eigenvalue weighted by atomic mass is 35.5. The van der Waals surface area contributed by atoms with Crippen molar-refractivity contribution < 1.29 is 26.4 Å². The smallest absolute Gasteiger partial charge is 0.286 e. The average molecular weight is 439 g/mol. The van der Waals surface area contributed by atoms with Gasteiger partial charge in [-0.15, -0.1) is 16.2 Å². The Hall–Kier alpha value is -1.59. The third-order valence-corrected chi connectivity index (χ3v) is 6.51. The molecule has 0 saturated heterocycles. The van der Waals surface area contributed by atoms with Gasteiger partial charge in [-0.25, -0.2) is 13.6 Å². The summed E-state index contributed by atoms with van der Waals surface area (Å²) in [6.45, 7) is 0. The molecule has 1 aliphatic heterocycles. The van der Waals surface area contributed by atoms with Gasteiger partial charge in [-0.3, -0.25) is 0 Å². The molecule has 0 unspecified atom stereocenters. The zero-order chi connectivity index (χ0) is 25.1. The maximum absolute atomic E-state index is 12.6. The van der Waals surface area contributed by atoms with Gasteiger partial charge in [0.2, 0.25) is 10.0 Å². The lowest BCUT2D eigenvalue weighted by Gasteiger charge is -2.19. The minimum Gasteiger partial charge on any atom is -0.341 e. The molecule has 0 spiro atoms. The predicted octanol–water partition coefficient (Wildman–Crippen LogP) is 2.43. The fourth-order valence-corrected chi connectivity index (χ4v) is 4.98. The Balaban J connectivity index is 1.96. The molecule has 0 aromatic heterocycles. The molecule has 26 heavy (non-hydrogen) atoms. The third kappa shape index (κ3) is 4.21. The lowest BCUT2D eigenvalue weighted by Crippen LogP contribution is -2.24. The molecule has 2 aromatic rings. The summed E-state index contributed by atoms with van der Waals surface area (Å²) in [4.78, 5) is -1.11. The highest BCUT2D eigenvalue weighted by Crippen LogP contribution is 2.34. The van der Waals surface area contributed by atoms with Crippen LogP contribution in [0.3, 0.4) is 0 Å². The Bertz CT molecular complexity index is 1400. The van der Waals surface area contributed by atoms with Crippen LogP contribution in [0.15, 0.2) is 56.5 Å². The van der Waals surface area contributed by atoms with E-state index in [9.17, 15) is 16.8 Å². The summed E-state index contributed by atoms with van der Waals surface area (Å²) in [6, 6.07) is -1.76. The fourth-order valence-electron chi connectivity index (χ4n) is 1.98. The van der Waals surface area contributed by atoms with Crippen LogP contribution in [0.4, 0.5) is 5.69 Å². The first-order valence-electron chi connectivity index (χ1n) is 10.2. The van der Waals surface area contributed by atoms with Gasteiger partial charge in [-0.2, -0.15) is 8.42 Å². The molecule has 0 bridgehead atoms. The molecular weight excluding hydrogens is 418 g/mol. The van der Waals surface area contributed by atoms with Crippen molar-refractivity contribution in [3.8, 4) is 0 Å². The first-order valence-corrected chi connectivity index (χ1v) is 11.0. The molecule has 3 rings (SSSR count). The lowest BCUT2D eigenvalue weighted by molar-refractivity contribution is 0.596. The maximum atomic E-state index is 12.6. The predicted molar refractivity (Wildman–Crippen MR) is 104 cm³/mol. The Morgan fingerprint density at radius 1 is 1.31 bits per heavy atom. The molecular formula is C15H14ClN3O4S3. The number of fused-ring (bicyclic) bond motifs is 1. The highest BCUT2D eigenvalue weighted by Gasteiger charge is 2.28. The molecule has 11 heteroatoms. The Morgan fingerprint density at radius 3 is 2.65 bits per heavy atom. The van der Waals surface area contributed by atoms with Crippen molar-refractivity contribution in [2.45, 2.75) is 15.5 Å². The molecule has 0 atom stereocenters. The van der Waals surface area contributed by atoms with E-state index >= 15 is 0 Å². The molecule has 3 N–H and O–H groups in total. The summed E-state index contributed by atoms with van der Waals surface area (Å²) in [6.07, 6.45) is 0. The van der Waals surface area contributed by atoms with Gasteiger partial charge < -0.3 is 5.32 Å². The number of nitrogens with zero attached hydrogens (tertiary/aromatic N) is 1. The van der Waals surface area contributed by atoms with Crippen LogP contribution in [0.1, 0.15) is 15.2 Å². The van der Waals surface area contributed by atoms with Crippen molar-refractivity contribution in [1.82, 2.24) is 0 Å². The highest BCUT2D eigenvalue weighted by molar-refractivity contribution is 7.99. The van der Waals surface area contributed by atoms with Crippen molar-refractivity contribution in [3.05, 3.63) is 52.9 Å². The number of rotatable bonds is 5. The fraction of sp³-hybridized carbons (Fsp3) is 0.133. The van der Waals surface area contributed by atoms with E-state index in [1.54, 1.807) is 0 Å². The molecule has 0 aliphatic carbocycles. The maximum Gasteiger partial charge on any atom is 0.286 e. The monoisotopic (exact) mass is 438 g/mol. The number of hydrogen-bond donors (Lipinski definition) is 2. The molecule has 0 amide bonds. The SMILES string of the molecule is [2H]c1c([2H])c([2H])c(C([2H])([2H])SCC2=NS(=O)(=O)c3cc(S(N)(=O)=O)c(Cl)cc3N2)c([2H])c1[2H]. The second kappa shape index (κ2) is 7.20. The number of benzene rings is 2. The largest absolute Gasteiger partial charge is 0.341 e. The molecule has 0 fully saturated rings. The first-order chi connectivity index (χ1) is 15.0. The number of amidine groups is 1. The van der Waals surface area contributed by atoms with Gasteiger partial charge >= 0.3 is 0 Å². The zero-order valence-electron chi connectivity index (χ0n) is 19.6. The standard InChI is InChI=1S/C15H14ClN3O4S3/c16-11-6-12-14(7-13(11)25(17,20)21)26(22,23)19-15(18-12)9-24-8-10-4-2-1-3-5-10/h1-7H,8-9H2,(H,18,19)(H2,17,20,21)/i1D,2D,3D,4D,5D,8D2. The van der Waals surface area contributed by atoms with Gasteiger partial charge in [-0.05, 0) is 17.7 Å². The van der Waals surface area contributed by atoms with Crippen LogP contribution >= 0.6 is 23.4 Å². The normalized spacial score (nSPS) is 20.1. The number of primary sulfonamides is 1. The van der Waals surface area contributed by atoms with E-state index < -0.39 is 77.1 Å². The summed E-state index contributed by atoms with van der Waals surface area (Å²) in [7, 11) is -8.72. The Morgan fingerprint density at radius 2 is 2.00 bits per heavy atom. The number of thioether (sulfide) groups is 1. The van der Waals surface area contributed by atoms with Crippen LogP contribution in [0.2, 0.25) is 5.02 Å². The van der Waals surface area contributed by atoms with Crippen LogP contribution < -0.4 is 10.5 Å². The van der Waals surface area contributed by atoms with Gasteiger partial charge in [-0.1, -0.05) is 41.8 Å². The summed E-state index contributed by atoms with van der Waals surface area (Å²) >= 11 is 6.34. The second-order valence-corrected chi connectivity index (χ2v) is 9.14. The molecule has 0 radical (unpaired) electrons. The van der Waals surface area contributed by atoms with Gasteiger partial charge in [0.1, 0.15) is 15.6 Å². The van der Waals surface area contributed by atoms with Gasteiger partial charge in [0.25, 0.3) is 10.0 Å². The van der Waals surface area contributed by atoms with E-state index in [0.29, 0.717) is 11.8 Å². The molecule has 0 saturated carbocycles. The third-order valence-electron chi connectivity index (χ3n) is 3.01. The lowest BCUT2D eigenvalue weighted by atomic mass is 10.2. The van der Waals surface area contributed by atoms with E-state index in [-0.39, 0.29) is 16.5 Å². The van der Waals surface area contributed by atoms with Crippen molar-refractivity contribution in [2.24, 2.45) is 9.54 Å². The number of hydrogen-bond acceptors (Lipinski definition) is 6. The van der Waals surface area contributed by atoms with Gasteiger partial charge in [0, 0.05) is 8.45 Å². The molecule has 7 nitrogen and oxygen atoms in total. The Labute approximate surface area is 170 Å². The van der Waals surface area contributed by atoms with E-state index in [1.165, 1.54) is 0 Å². The molecule has 1 aliphatic rings. The van der Waals surface area contributed by atoms with Crippen molar-refractivity contribution in [3.63, 3.8) is 0 Å². The molecule has 2 aromatic carbocycles. The van der Waals surface area contributed by atoms with Crippen LogP contribution in [-0.4, -0.2) is 28.4 Å². The molecule has 138 valence electrons. The number of nitrogens with one attached hydrogen (secondary N) is 1. The number of halogens is 1. The number of sulfonamides is 2. The van der Waals surface area contributed by atoms with E-state index in [0.717, 1.165) is 12.1 Å². The van der Waals surface area contributed by atoms with Gasteiger partial charge in [0.05, 0.1) is 23.3 Å². The summed E-state index contributed by atoms with van der Waals surface area (Å²) in [5, 5.41) is 7.31. The van der Waals surface area contributed by atoms with Crippen LogP contribution in [0.25, 0.3) is 0 Å². The van der Waals surface area contributed by atoms with Gasteiger partial charge in [0.15, 0.2) is 0 Å².